The van der Waals surface area contributed by atoms with E-state index in [0.717, 1.165) is 15.9 Å². The van der Waals surface area contributed by atoms with E-state index in [-0.39, 0.29) is 5.75 Å². The largest absolute Gasteiger partial charge is 0.507 e. The maximum atomic E-state index is 10.2. The molecule has 0 aliphatic heterocycles. The standard InChI is InChI=1S/C18H14BrN5O/c19-14-11-22-24-17(21-10-12-4-3-7-20-9-12)8-15(23-18(14)24)13-5-1-2-6-16(13)25/h1-9,11,21,25H,10H2. The first-order chi connectivity index (χ1) is 12.2. The van der Waals surface area contributed by atoms with Gasteiger partial charge in [0.05, 0.1) is 16.4 Å². The molecule has 25 heavy (non-hydrogen) atoms. The van der Waals surface area contributed by atoms with Crippen molar-refractivity contribution in [3.63, 3.8) is 0 Å². The molecule has 0 amide bonds. The van der Waals surface area contributed by atoms with E-state index in [1.807, 2.05) is 36.5 Å². The van der Waals surface area contributed by atoms with Gasteiger partial charge in [0, 0.05) is 30.6 Å². The number of halogens is 1. The monoisotopic (exact) mass is 395 g/mol. The number of para-hydroxylation sites is 1. The first-order valence-corrected chi connectivity index (χ1v) is 8.47. The summed E-state index contributed by atoms with van der Waals surface area (Å²) in [4.78, 5) is 8.75. The Balaban J connectivity index is 1.78. The molecule has 4 rings (SSSR count). The number of benzene rings is 1. The summed E-state index contributed by atoms with van der Waals surface area (Å²) in [7, 11) is 0. The lowest BCUT2D eigenvalue weighted by atomic mass is 10.1. The molecule has 4 aromatic rings. The Hall–Kier alpha value is -2.93. The van der Waals surface area contributed by atoms with E-state index in [9.17, 15) is 5.11 Å². The van der Waals surface area contributed by atoms with Gasteiger partial charge in [0.1, 0.15) is 11.6 Å². The third kappa shape index (κ3) is 3.06. The first-order valence-electron chi connectivity index (χ1n) is 7.68. The SMILES string of the molecule is Oc1ccccc1-c1cc(NCc2cccnc2)n2ncc(Br)c2n1. The van der Waals surface area contributed by atoms with Crippen molar-refractivity contribution in [2.24, 2.45) is 0 Å². The van der Waals surface area contributed by atoms with Crippen molar-refractivity contribution in [2.75, 3.05) is 5.32 Å². The summed E-state index contributed by atoms with van der Waals surface area (Å²) in [5.74, 6) is 0.964. The zero-order chi connectivity index (χ0) is 17.2. The highest BCUT2D eigenvalue weighted by molar-refractivity contribution is 9.10. The van der Waals surface area contributed by atoms with Gasteiger partial charge in [0.2, 0.25) is 0 Å². The topological polar surface area (TPSA) is 75.3 Å². The number of fused-ring (bicyclic) bond motifs is 1. The van der Waals surface area contributed by atoms with E-state index in [2.05, 4.69) is 36.3 Å². The van der Waals surface area contributed by atoms with E-state index in [4.69, 9.17) is 0 Å². The molecule has 0 radical (unpaired) electrons. The number of aromatic hydroxyl groups is 1. The van der Waals surface area contributed by atoms with Gasteiger partial charge in [-0.25, -0.2) is 4.98 Å². The lowest BCUT2D eigenvalue weighted by Crippen LogP contribution is -2.07. The Bertz CT molecular complexity index is 1030. The van der Waals surface area contributed by atoms with Gasteiger partial charge in [0.15, 0.2) is 5.65 Å². The van der Waals surface area contributed by atoms with Crippen LogP contribution in [-0.2, 0) is 6.54 Å². The highest BCUT2D eigenvalue weighted by atomic mass is 79.9. The minimum atomic E-state index is 0.188. The van der Waals surface area contributed by atoms with Gasteiger partial charge < -0.3 is 10.4 Å². The lowest BCUT2D eigenvalue weighted by Gasteiger charge is -2.11. The van der Waals surface area contributed by atoms with Gasteiger partial charge in [0.25, 0.3) is 0 Å². The average Bonchev–Trinajstić information content (AvgIpc) is 3.02. The van der Waals surface area contributed by atoms with Crippen LogP contribution in [0.3, 0.4) is 0 Å². The number of phenolic OH excluding ortho intramolecular Hbond substituents is 1. The molecular formula is C18H14BrN5O. The molecule has 0 atom stereocenters. The van der Waals surface area contributed by atoms with Crippen molar-refractivity contribution >= 4 is 27.4 Å². The van der Waals surface area contributed by atoms with Gasteiger partial charge >= 0.3 is 0 Å². The van der Waals surface area contributed by atoms with Crippen LogP contribution in [0.25, 0.3) is 16.9 Å². The molecule has 0 aliphatic rings. The summed E-state index contributed by atoms with van der Waals surface area (Å²) in [6.07, 6.45) is 5.26. The van der Waals surface area contributed by atoms with Crippen LogP contribution < -0.4 is 5.32 Å². The van der Waals surface area contributed by atoms with Crippen LogP contribution in [0, 0.1) is 0 Å². The smallest absolute Gasteiger partial charge is 0.172 e. The molecule has 3 heterocycles. The van der Waals surface area contributed by atoms with Crippen LogP contribution in [0.4, 0.5) is 5.82 Å². The fourth-order valence-electron chi connectivity index (χ4n) is 2.59. The Labute approximate surface area is 152 Å². The number of pyridine rings is 1. The Morgan fingerprint density at radius 2 is 2.00 bits per heavy atom. The summed E-state index contributed by atoms with van der Waals surface area (Å²) >= 11 is 3.48. The fourth-order valence-corrected chi connectivity index (χ4v) is 2.93. The minimum Gasteiger partial charge on any atom is -0.507 e. The molecule has 3 aromatic heterocycles. The zero-order valence-corrected chi connectivity index (χ0v) is 14.7. The van der Waals surface area contributed by atoms with Crippen molar-refractivity contribution in [1.82, 2.24) is 19.6 Å². The quantitative estimate of drug-likeness (QED) is 0.548. The molecule has 2 N–H and O–H groups in total. The molecule has 0 bridgehead atoms. The molecular weight excluding hydrogens is 382 g/mol. The average molecular weight is 396 g/mol. The zero-order valence-electron chi connectivity index (χ0n) is 13.1. The highest BCUT2D eigenvalue weighted by Crippen LogP contribution is 2.31. The number of nitrogens with zero attached hydrogens (tertiary/aromatic N) is 4. The third-order valence-electron chi connectivity index (χ3n) is 3.81. The number of phenols is 1. The first kappa shape index (κ1) is 15.6. The van der Waals surface area contributed by atoms with Crippen molar-refractivity contribution in [1.29, 1.82) is 0 Å². The minimum absolute atomic E-state index is 0.188. The van der Waals surface area contributed by atoms with Gasteiger partial charge in [-0.1, -0.05) is 18.2 Å². The van der Waals surface area contributed by atoms with Gasteiger partial charge in [-0.15, -0.1) is 0 Å². The van der Waals surface area contributed by atoms with Crippen LogP contribution in [0.2, 0.25) is 0 Å². The predicted molar refractivity (Wildman–Crippen MR) is 99.4 cm³/mol. The van der Waals surface area contributed by atoms with Crippen LogP contribution >= 0.6 is 15.9 Å². The van der Waals surface area contributed by atoms with Gasteiger partial charge in [-0.05, 0) is 39.7 Å². The Morgan fingerprint density at radius 1 is 1.12 bits per heavy atom. The maximum Gasteiger partial charge on any atom is 0.172 e. The van der Waals surface area contributed by atoms with E-state index < -0.39 is 0 Å². The molecule has 0 spiro atoms. The second kappa shape index (κ2) is 6.52. The van der Waals surface area contributed by atoms with E-state index in [1.165, 1.54) is 0 Å². The second-order valence-electron chi connectivity index (χ2n) is 5.49. The number of anilines is 1. The molecule has 0 saturated heterocycles. The number of rotatable bonds is 4. The van der Waals surface area contributed by atoms with E-state index in [0.29, 0.717) is 23.4 Å². The normalized spacial score (nSPS) is 10.9. The van der Waals surface area contributed by atoms with Crippen molar-refractivity contribution in [3.8, 4) is 17.0 Å². The molecule has 0 unspecified atom stereocenters. The van der Waals surface area contributed by atoms with Crippen LogP contribution in [0.15, 0.2) is 65.5 Å². The molecule has 1 aromatic carbocycles. The summed E-state index contributed by atoms with van der Waals surface area (Å²) < 4.78 is 2.51. The molecule has 7 heteroatoms. The summed E-state index contributed by atoms with van der Waals surface area (Å²) in [6, 6.07) is 12.9. The number of aromatic nitrogens is 4. The Morgan fingerprint density at radius 3 is 2.80 bits per heavy atom. The van der Waals surface area contributed by atoms with Crippen LogP contribution in [0.5, 0.6) is 5.75 Å². The summed E-state index contributed by atoms with van der Waals surface area (Å²) in [6.45, 7) is 0.602. The second-order valence-corrected chi connectivity index (χ2v) is 6.34. The molecule has 0 saturated carbocycles. The Kier molecular flexibility index (Phi) is 4.07. The predicted octanol–water partition coefficient (Wildman–Crippen LogP) is 3.87. The molecule has 0 fully saturated rings. The van der Waals surface area contributed by atoms with E-state index >= 15 is 0 Å². The van der Waals surface area contributed by atoms with Crippen molar-refractivity contribution < 1.29 is 5.11 Å². The number of hydrogen-bond acceptors (Lipinski definition) is 5. The maximum absolute atomic E-state index is 10.2. The van der Waals surface area contributed by atoms with Crippen molar-refractivity contribution in [3.05, 3.63) is 71.1 Å². The number of hydrogen-bond donors (Lipinski definition) is 2. The molecule has 124 valence electrons. The molecule has 6 nitrogen and oxygen atoms in total. The van der Waals surface area contributed by atoms with Crippen molar-refractivity contribution in [2.45, 2.75) is 6.54 Å². The van der Waals surface area contributed by atoms with Gasteiger partial charge in [-0.2, -0.15) is 9.61 Å². The van der Waals surface area contributed by atoms with E-state index in [1.54, 1.807) is 29.0 Å². The highest BCUT2D eigenvalue weighted by Gasteiger charge is 2.13. The van der Waals surface area contributed by atoms with Gasteiger partial charge in [-0.3, -0.25) is 4.98 Å². The number of nitrogens with one attached hydrogen (secondary N) is 1. The third-order valence-corrected chi connectivity index (χ3v) is 4.36. The summed E-state index contributed by atoms with van der Waals surface area (Å²) in [5.41, 5.74) is 3.07. The van der Waals surface area contributed by atoms with Crippen LogP contribution in [-0.4, -0.2) is 24.7 Å². The fraction of sp³-hybridized carbons (Fsp3) is 0.0556. The lowest BCUT2D eigenvalue weighted by molar-refractivity contribution is 0.477. The molecule has 0 aliphatic carbocycles. The summed E-state index contributed by atoms with van der Waals surface area (Å²) in [5, 5.41) is 17.9. The van der Waals surface area contributed by atoms with Crippen LogP contribution in [0.1, 0.15) is 5.56 Å².